The number of benzene rings is 2. The van der Waals surface area contributed by atoms with E-state index in [0.717, 1.165) is 21.8 Å². The number of amides is 1. The number of aryl methyl sites for hydroxylation is 3. The number of esters is 1. The Morgan fingerprint density at radius 3 is 2.33 bits per heavy atom. The number of aromatic nitrogens is 3. The van der Waals surface area contributed by atoms with E-state index in [2.05, 4.69) is 35.3 Å². The molecule has 9 heteroatoms. The maximum absolute atomic E-state index is 12.3. The van der Waals surface area contributed by atoms with Crippen molar-refractivity contribution in [2.24, 2.45) is 0 Å². The molecular weight excluding hydrogens is 440 g/mol. The van der Waals surface area contributed by atoms with Gasteiger partial charge in [-0.1, -0.05) is 41.7 Å². The van der Waals surface area contributed by atoms with Gasteiger partial charge in [0, 0.05) is 7.11 Å². The second-order valence-electron chi connectivity index (χ2n) is 7.64. The molecule has 2 heterocycles. The number of fused-ring (bicyclic) bond motifs is 3. The third-order valence-corrected chi connectivity index (χ3v) is 6.32. The first-order valence-electron chi connectivity index (χ1n) is 10.4. The number of para-hydroxylation sites is 2. The largest absolute Gasteiger partial charge is 0.467 e. The van der Waals surface area contributed by atoms with Crippen LogP contribution >= 0.6 is 11.3 Å². The Labute approximate surface area is 196 Å². The van der Waals surface area contributed by atoms with Crippen LogP contribution in [-0.4, -0.2) is 53.3 Å². The Morgan fingerprint density at radius 1 is 1.06 bits per heavy atom. The molecule has 33 heavy (non-hydrogen) atoms. The normalized spacial score (nSPS) is 11.7. The zero-order chi connectivity index (χ0) is 24.1. The Kier molecular flexibility index (Phi) is 7.78. The van der Waals surface area contributed by atoms with Crippen molar-refractivity contribution in [3.05, 3.63) is 59.4 Å². The lowest BCUT2D eigenvalue weighted by molar-refractivity contribution is -0.143. The quantitative estimate of drug-likeness (QED) is 0.410. The molecule has 0 saturated carbocycles. The van der Waals surface area contributed by atoms with Crippen LogP contribution in [0.4, 0.5) is 5.69 Å². The van der Waals surface area contributed by atoms with E-state index in [1.165, 1.54) is 34.9 Å². The summed E-state index contributed by atoms with van der Waals surface area (Å²) in [5.74, 6) is -0.736. The molecule has 0 aliphatic rings. The van der Waals surface area contributed by atoms with Crippen LogP contribution in [0.25, 0.3) is 15.2 Å². The first-order chi connectivity index (χ1) is 15.8. The number of nitrogens with zero attached hydrogens (tertiary/aromatic N) is 4. The highest BCUT2D eigenvalue weighted by Gasteiger charge is 2.29. The molecule has 0 radical (unpaired) electrons. The van der Waals surface area contributed by atoms with Crippen LogP contribution in [-0.2, 0) is 19.1 Å². The molecule has 0 spiro atoms. The maximum Gasteiger partial charge on any atom is 0.328 e. The van der Waals surface area contributed by atoms with E-state index in [1.807, 2.05) is 36.4 Å². The van der Waals surface area contributed by atoms with Gasteiger partial charge in [-0.05, 0) is 50.5 Å². The Bertz CT molecular complexity index is 1260. The summed E-state index contributed by atoms with van der Waals surface area (Å²) in [5.41, 5.74) is 5.07. The number of carbonyl (C=O) groups excluding carboxylic acids is 2. The Hall–Kier alpha value is -3.30. The molecule has 174 valence electrons. The lowest BCUT2D eigenvalue weighted by Crippen LogP contribution is -2.46. The maximum atomic E-state index is 12.3. The third kappa shape index (κ3) is 5.04. The van der Waals surface area contributed by atoms with Crippen LogP contribution in [0.5, 0.6) is 0 Å². The van der Waals surface area contributed by atoms with Gasteiger partial charge in [-0.15, -0.1) is 10.2 Å². The van der Waals surface area contributed by atoms with E-state index in [-0.39, 0.29) is 12.5 Å². The molecule has 0 aliphatic carbocycles. The van der Waals surface area contributed by atoms with Crippen molar-refractivity contribution in [1.82, 2.24) is 14.6 Å². The highest BCUT2D eigenvalue weighted by Crippen LogP contribution is 2.28. The minimum absolute atomic E-state index is 0.0882. The first kappa shape index (κ1) is 24.3. The summed E-state index contributed by atoms with van der Waals surface area (Å²) in [6, 6.07) is 11.3. The Morgan fingerprint density at radius 2 is 1.70 bits per heavy atom. The highest BCUT2D eigenvalue weighted by atomic mass is 32.1. The number of hydrogen-bond donors (Lipinski definition) is 0. The summed E-state index contributed by atoms with van der Waals surface area (Å²) in [7, 11) is 2.76. The molecule has 1 amide bonds. The molecule has 1 unspecified atom stereocenters. The van der Waals surface area contributed by atoms with E-state index >= 15 is 0 Å². The standard InChI is InChI=1S/C15H21NO4.C9H7N3S/c1-10-7-6-8-11(2)14(10)16(13(17)9-19-4)12(3)15(18)20-5;1-6-3-2-4-7-8(6)12-5-10-11-9(12)13-7/h6-8,12H,9H2,1-5H3;2-5H,1H3. The molecular formula is C24H28N4O4S. The molecule has 8 nitrogen and oxygen atoms in total. The zero-order valence-electron chi connectivity index (χ0n) is 19.7. The lowest BCUT2D eigenvalue weighted by Gasteiger charge is -2.30. The minimum atomic E-state index is -0.706. The molecule has 0 aliphatic heterocycles. The van der Waals surface area contributed by atoms with E-state index in [9.17, 15) is 9.59 Å². The second kappa shape index (κ2) is 10.5. The van der Waals surface area contributed by atoms with Gasteiger partial charge in [0.15, 0.2) is 0 Å². The molecule has 4 aromatic rings. The number of thiazole rings is 1. The lowest BCUT2D eigenvalue weighted by atomic mass is 10.1. The molecule has 2 aromatic carbocycles. The van der Waals surface area contributed by atoms with Gasteiger partial charge in [0.05, 0.1) is 23.0 Å². The van der Waals surface area contributed by atoms with Crippen molar-refractivity contribution in [1.29, 1.82) is 0 Å². The van der Waals surface area contributed by atoms with Crippen LogP contribution in [0.3, 0.4) is 0 Å². The summed E-state index contributed by atoms with van der Waals surface area (Å²) >= 11 is 1.67. The van der Waals surface area contributed by atoms with Crippen LogP contribution < -0.4 is 4.90 Å². The van der Waals surface area contributed by atoms with E-state index < -0.39 is 12.0 Å². The smallest absolute Gasteiger partial charge is 0.328 e. The van der Waals surface area contributed by atoms with Gasteiger partial charge in [0.25, 0.3) is 5.91 Å². The molecule has 2 aromatic heterocycles. The van der Waals surface area contributed by atoms with Crippen molar-refractivity contribution < 1.29 is 19.1 Å². The highest BCUT2D eigenvalue weighted by molar-refractivity contribution is 7.23. The van der Waals surface area contributed by atoms with Gasteiger partial charge in [0.2, 0.25) is 4.96 Å². The van der Waals surface area contributed by atoms with Crippen molar-refractivity contribution in [3.8, 4) is 0 Å². The topological polar surface area (TPSA) is 86.0 Å². The second-order valence-corrected chi connectivity index (χ2v) is 8.65. The average Bonchev–Trinajstić information content (AvgIpc) is 3.37. The van der Waals surface area contributed by atoms with E-state index in [0.29, 0.717) is 0 Å². The molecule has 1 atom stereocenters. The fourth-order valence-corrected chi connectivity index (χ4v) is 4.78. The summed E-state index contributed by atoms with van der Waals surface area (Å²) in [6.07, 6.45) is 1.77. The number of carbonyl (C=O) groups is 2. The molecule has 0 bridgehead atoms. The van der Waals surface area contributed by atoms with Crippen molar-refractivity contribution in [2.75, 3.05) is 25.7 Å². The van der Waals surface area contributed by atoms with Crippen molar-refractivity contribution >= 4 is 44.1 Å². The van der Waals surface area contributed by atoms with Crippen LogP contribution in [0, 0.1) is 20.8 Å². The fraction of sp³-hybridized carbons (Fsp3) is 0.333. The summed E-state index contributed by atoms with van der Waals surface area (Å²) in [4.78, 5) is 26.5. The Balaban J connectivity index is 0.000000200. The van der Waals surface area contributed by atoms with Gasteiger partial charge in [0.1, 0.15) is 19.0 Å². The predicted molar refractivity (Wildman–Crippen MR) is 130 cm³/mol. The number of methoxy groups -OCH3 is 2. The fourth-order valence-electron chi connectivity index (χ4n) is 3.76. The van der Waals surface area contributed by atoms with Gasteiger partial charge in [-0.3, -0.25) is 14.1 Å². The number of hydrogen-bond acceptors (Lipinski definition) is 7. The van der Waals surface area contributed by atoms with Crippen LogP contribution in [0.15, 0.2) is 42.7 Å². The van der Waals surface area contributed by atoms with Crippen molar-refractivity contribution in [3.63, 3.8) is 0 Å². The molecule has 0 fully saturated rings. The molecule has 4 rings (SSSR count). The van der Waals surface area contributed by atoms with E-state index in [1.54, 1.807) is 24.6 Å². The third-order valence-electron chi connectivity index (χ3n) is 5.31. The zero-order valence-corrected chi connectivity index (χ0v) is 20.5. The first-order valence-corrected chi connectivity index (χ1v) is 11.2. The SMILES string of the molecule is COCC(=O)N(c1c(C)cccc1C)C(C)C(=O)OC.Cc1cccc2sc3nncn3c12. The van der Waals surface area contributed by atoms with Crippen molar-refractivity contribution in [2.45, 2.75) is 33.7 Å². The van der Waals surface area contributed by atoms with Crippen LogP contribution in [0.1, 0.15) is 23.6 Å². The van der Waals surface area contributed by atoms with E-state index in [4.69, 9.17) is 9.47 Å². The van der Waals surface area contributed by atoms with Gasteiger partial charge >= 0.3 is 5.97 Å². The summed E-state index contributed by atoms with van der Waals surface area (Å²) in [6.45, 7) is 7.47. The average molecular weight is 469 g/mol. The monoisotopic (exact) mass is 468 g/mol. The minimum Gasteiger partial charge on any atom is -0.467 e. The number of rotatable bonds is 5. The van der Waals surface area contributed by atoms with Gasteiger partial charge < -0.3 is 9.47 Å². The number of anilines is 1. The van der Waals surface area contributed by atoms with Gasteiger partial charge in [-0.2, -0.15) is 0 Å². The summed E-state index contributed by atoms with van der Waals surface area (Å²) in [5, 5.41) is 7.90. The molecule has 0 N–H and O–H groups in total. The predicted octanol–water partition coefficient (Wildman–Crippen LogP) is 4.10. The molecule has 0 saturated heterocycles. The van der Waals surface area contributed by atoms with Gasteiger partial charge in [-0.25, -0.2) is 4.79 Å². The number of ether oxygens (including phenoxy) is 2. The van der Waals surface area contributed by atoms with Crippen LogP contribution in [0.2, 0.25) is 0 Å². The summed E-state index contributed by atoms with van der Waals surface area (Å²) < 4.78 is 13.0.